The molecule has 0 spiro atoms. The van der Waals surface area contributed by atoms with Crippen molar-refractivity contribution in [1.29, 1.82) is 0 Å². The van der Waals surface area contributed by atoms with Crippen molar-refractivity contribution in [3.05, 3.63) is 0 Å². The Morgan fingerprint density at radius 1 is 1.31 bits per heavy atom. The molecule has 0 aliphatic heterocycles. The van der Waals surface area contributed by atoms with E-state index in [1.807, 2.05) is 6.92 Å². The second-order valence-electron chi connectivity index (χ2n) is 3.31. The molecule has 4 nitrogen and oxygen atoms in total. The third-order valence-electron chi connectivity index (χ3n) is 2.10. The summed E-state index contributed by atoms with van der Waals surface area (Å²) in [4.78, 5) is 21.1. The second kappa shape index (κ2) is 5.56. The first-order valence-electron chi connectivity index (χ1n) is 4.43. The van der Waals surface area contributed by atoms with Gasteiger partial charge >= 0.3 is 11.9 Å². The molecule has 0 saturated carbocycles. The largest absolute Gasteiger partial charge is 0.481 e. The van der Waals surface area contributed by atoms with Gasteiger partial charge in [-0.2, -0.15) is 0 Å². The fourth-order valence-electron chi connectivity index (χ4n) is 1.38. The molecule has 0 saturated heterocycles. The van der Waals surface area contributed by atoms with Gasteiger partial charge in [-0.25, -0.2) is 0 Å². The van der Waals surface area contributed by atoms with Gasteiger partial charge in [0.15, 0.2) is 0 Å². The first-order valence-corrected chi connectivity index (χ1v) is 4.43. The van der Waals surface area contributed by atoms with Gasteiger partial charge in [-0.1, -0.05) is 20.3 Å². The summed E-state index contributed by atoms with van der Waals surface area (Å²) in [7, 11) is 0. The molecule has 0 aliphatic carbocycles. The van der Waals surface area contributed by atoms with Gasteiger partial charge in [0.25, 0.3) is 0 Å². The fraction of sp³-hybridized carbons (Fsp3) is 0.778. The predicted molar refractivity (Wildman–Crippen MR) is 47.5 cm³/mol. The summed E-state index contributed by atoms with van der Waals surface area (Å²) >= 11 is 0. The zero-order valence-electron chi connectivity index (χ0n) is 7.99. The van der Waals surface area contributed by atoms with Crippen molar-refractivity contribution in [1.82, 2.24) is 0 Å². The minimum atomic E-state index is -0.935. The number of carboxylic acid groups (broad SMARTS) is 2. The quantitative estimate of drug-likeness (QED) is 0.663. The Kier molecular flexibility index (Phi) is 5.11. The van der Waals surface area contributed by atoms with Crippen molar-refractivity contribution in [2.24, 2.45) is 11.8 Å². The van der Waals surface area contributed by atoms with E-state index in [1.165, 1.54) is 0 Å². The van der Waals surface area contributed by atoms with Crippen molar-refractivity contribution < 1.29 is 19.8 Å². The van der Waals surface area contributed by atoms with Gasteiger partial charge in [0.2, 0.25) is 0 Å². The van der Waals surface area contributed by atoms with Gasteiger partial charge in [0.05, 0.1) is 5.92 Å². The summed E-state index contributed by atoms with van der Waals surface area (Å²) in [5, 5.41) is 17.3. The fourth-order valence-corrected chi connectivity index (χ4v) is 1.38. The van der Waals surface area contributed by atoms with Crippen LogP contribution in [0.1, 0.15) is 33.1 Å². The van der Waals surface area contributed by atoms with Crippen LogP contribution in [0.3, 0.4) is 0 Å². The van der Waals surface area contributed by atoms with Crippen LogP contribution in [0.15, 0.2) is 0 Å². The molecule has 0 fully saturated rings. The molecule has 0 bridgehead atoms. The highest BCUT2D eigenvalue weighted by molar-refractivity contribution is 5.72. The van der Waals surface area contributed by atoms with Gasteiger partial charge in [-0.3, -0.25) is 9.59 Å². The van der Waals surface area contributed by atoms with E-state index in [4.69, 9.17) is 10.2 Å². The maximum absolute atomic E-state index is 10.7. The lowest BCUT2D eigenvalue weighted by Crippen LogP contribution is -2.23. The SMILES string of the molecule is CCCC(C(=O)O)C(C)CC(=O)O. The van der Waals surface area contributed by atoms with Crippen LogP contribution < -0.4 is 0 Å². The molecule has 0 radical (unpaired) electrons. The van der Waals surface area contributed by atoms with E-state index in [0.717, 1.165) is 6.42 Å². The van der Waals surface area contributed by atoms with Crippen LogP contribution in [0.5, 0.6) is 0 Å². The predicted octanol–water partition coefficient (Wildman–Crippen LogP) is 1.60. The lowest BCUT2D eigenvalue weighted by molar-refractivity contribution is -0.145. The highest BCUT2D eigenvalue weighted by Crippen LogP contribution is 2.20. The summed E-state index contributed by atoms with van der Waals surface area (Å²) in [6.45, 7) is 3.56. The minimum absolute atomic E-state index is 0.0725. The maximum atomic E-state index is 10.7. The van der Waals surface area contributed by atoms with E-state index in [1.54, 1.807) is 6.92 Å². The van der Waals surface area contributed by atoms with Gasteiger partial charge in [0.1, 0.15) is 0 Å². The molecule has 2 unspecified atom stereocenters. The van der Waals surface area contributed by atoms with E-state index in [-0.39, 0.29) is 12.3 Å². The highest BCUT2D eigenvalue weighted by atomic mass is 16.4. The summed E-state index contributed by atoms with van der Waals surface area (Å²) < 4.78 is 0. The smallest absolute Gasteiger partial charge is 0.306 e. The van der Waals surface area contributed by atoms with Gasteiger partial charge in [0, 0.05) is 6.42 Å². The molecule has 0 aromatic carbocycles. The molecule has 0 aromatic rings. The summed E-state index contributed by atoms with van der Waals surface area (Å²) in [6, 6.07) is 0. The summed E-state index contributed by atoms with van der Waals surface area (Å²) in [5.74, 6) is -2.65. The van der Waals surface area contributed by atoms with Crippen LogP contribution in [-0.4, -0.2) is 22.2 Å². The Bertz CT molecular complexity index is 188. The van der Waals surface area contributed by atoms with Crippen molar-refractivity contribution in [3.63, 3.8) is 0 Å². The zero-order chi connectivity index (χ0) is 10.4. The van der Waals surface area contributed by atoms with Crippen molar-refractivity contribution >= 4 is 11.9 Å². The minimum Gasteiger partial charge on any atom is -0.481 e. The van der Waals surface area contributed by atoms with Crippen LogP contribution in [0.2, 0.25) is 0 Å². The number of carboxylic acids is 2. The number of hydrogen-bond acceptors (Lipinski definition) is 2. The number of aliphatic carboxylic acids is 2. The molecule has 4 heteroatoms. The van der Waals surface area contributed by atoms with Gasteiger partial charge in [-0.05, 0) is 12.3 Å². The van der Waals surface area contributed by atoms with Crippen molar-refractivity contribution in [2.75, 3.05) is 0 Å². The number of rotatable bonds is 6. The lowest BCUT2D eigenvalue weighted by atomic mass is 9.88. The molecule has 2 atom stereocenters. The van der Waals surface area contributed by atoms with E-state index >= 15 is 0 Å². The first kappa shape index (κ1) is 11.9. The zero-order valence-corrected chi connectivity index (χ0v) is 7.99. The average molecular weight is 188 g/mol. The Morgan fingerprint density at radius 3 is 2.15 bits per heavy atom. The number of carbonyl (C=O) groups is 2. The van der Waals surface area contributed by atoms with Crippen LogP contribution in [-0.2, 0) is 9.59 Å². The van der Waals surface area contributed by atoms with Crippen molar-refractivity contribution in [2.45, 2.75) is 33.1 Å². The van der Waals surface area contributed by atoms with Gasteiger partial charge in [-0.15, -0.1) is 0 Å². The average Bonchev–Trinajstić information content (AvgIpc) is 1.97. The Labute approximate surface area is 77.6 Å². The van der Waals surface area contributed by atoms with E-state index in [0.29, 0.717) is 6.42 Å². The molecule has 13 heavy (non-hydrogen) atoms. The Hall–Kier alpha value is -1.06. The number of hydrogen-bond donors (Lipinski definition) is 2. The summed E-state index contributed by atoms with van der Waals surface area (Å²) in [6.07, 6.45) is 1.24. The van der Waals surface area contributed by atoms with Crippen molar-refractivity contribution in [3.8, 4) is 0 Å². The Morgan fingerprint density at radius 2 is 1.85 bits per heavy atom. The van der Waals surface area contributed by atoms with Crippen LogP contribution in [0, 0.1) is 11.8 Å². The molecule has 0 rings (SSSR count). The second-order valence-corrected chi connectivity index (χ2v) is 3.31. The van der Waals surface area contributed by atoms with E-state index in [9.17, 15) is 9.59 Å². The van der Waals surface area contributed by atoms with E-state index in [2.05, 4.69) is 0 Å². The maximum Gasteiger partial charge on any atom is 0.306 e. The molecule has 0 amide bonds. The third kappa shape index (κ3) is 4.50. The molecular weight excluding hydrogens is 172 g/mol. The monoisotopic (exact) mass is 188 g/mol. The molecule has 0 aliphatic rings. The standard InChI is InChI=1S/C9H16O4/c1-3-4-7(9(12)13)6(2)5-8(10)11/h6-7H,3-5H2,1-2H3,(H,10,11)(H,12,13). The first-order chi connectivity index (χ1) is 5.99. The molecule has 2 N–H and O–H groups in total. The Balaban J connectivity index is 4.18. The van der Waals surface area contributed by atoms with Gasteiger partial charge < -0.3 is 10.2 Å². The van der Waals surface area contributed by atoms with E-state index < -0.39 is 17.9 Å². The van der Waals surface area contributed by atoms with Crippen LogP contribution >= 0.6 is 0 Å². The highest BCUT2D eigenvalue weighted by Gasteiger charge is 2.25. The topological polar surface area (TPSA) is 74.6 Å². The van der Waals surface area contributed by atoms with Crippen LogP contribution in [0.4, 0.5) is 0 Å². The lowest BCUT2D eigenvalue weighted by Gasteiger charge is -2.17. The molecule has 76 valence electrons. The van der Waals surface area contributed by atoms with Crippen LogP contribution in [0.25, 0.3) is 0 Å². The summed E-state index contributed by atoms with van der Waals surface area (Å²) in [5.41, 5.74) is 0. The third-order valence-corrected chi connectivity index (χ3v) is 2.10. The molecule has 0 heterocycles. The normalized spacial score (nSPS) is 14.9. The molecular formula is C9H16O4. The molecule has 0 aromatic heterocycles.